The number of benzene rings is 2. The van der Waals surface area contributed by atoms with Crippen LogP contribution >= 0.6 is 8.58 Å². The van der Waals surface area contributed by atoms with Crippen molar-refractivity contribution >= 4 is 19.4 Å². The Morgan fingerprint density at radius 1 is 0.649 bits per heavy atom. The van der Waals surface area contributed by atoms with Crippen LogP contribution < -0.4 is 19.5 Å². The van der Waals surface area contributed by atoms with Crippen molar-refractivity contribution in [1.29, 1.82) is 0 Å². The zero-order valence-electron chi connectivity index (χ0n) is 23.5. The van der Waals surface area contributed by atoms with Gasteiger partial charge in [-0.25, -0.2) is 0 Å². The fraction of sp³-hybridized carbons (Fsp3) is 0.552. The Labute approximate surface area is 223 Å². The summed E-state index contributed by atoms with van der Waals surface area (Å²) in [6, 6.07) is 5.72. The Hall–Kier alpha value is -2.18. The van der Waals surface area contributed by atoms with Gasteiger partial charge in [0, 0.05) is 37.5 Å². The molecule has 0 heterocycles. The summed E-state index contributed by atoms with van der Waals surface area (Å²) in [5.41, 5.74) is 5.13. The van der Waals surface area contributed by atoms with Gasteiger partial charge < -0.3 is 28.4 Å². The molecule has 0 radical (unpaired) electrons. The molecule has 0 aliphatic rings. The third-order valence-corrected chi connectivity index (χ3v) is 7.16. The largest absolute Gasteiger partial charge is 0.491 e. The Morgan fingerprint density at radius 3 is 1.62 bits per heavy atom. The molecule has 7 nitrogen and oxygen atoms in total. The first-order valence-electron chi connectivity index (χ1n) is 13.0. The molecule has 2 rings (SSSR count). The minimum Gasteiger partial charge on any atom is -0.491 e. The van der Waals surface area contributed by atoms with Gasteiger partial charge in [0.15, 0.2) is 5.52 Å². The van der Waals surface area contributed by atoms with Gasteiger partial charge in [0.25, 0.3) is 0 Å². The third kappa shape index (κ3) is 9.57. The van der Waals surface area contributed by atoms with E-state index in [4.69, 9.17) is 28.4 Å². The molecular weight excluding hydrogens is 491 g/mol. The average Bonchev–Trinajstić information content (AvgIpc) is 2.87. The first-order valence-corrected chi connectivity index (χ1v) is 14.0. The van der Waals surface area contributed by atoms with Crippen LogP contribution in [0.3, 0.4) is 0 Å². The first kappa shape index (κ1) is 31.0. The molecule has 0 saturated carbocycles. The Kier molecular flexibility index (Phi) is 13.9. The van der Waals surface area contributed by atoms with Crippen molar-refractivity contribution in [3.63, 3.8) is 0 Å². The molecule has 2 aromatic carbocycles. The van der Waals surface area contributed by atoms with E-state index in [0.29, 0.717) is 82.0 Å². The van der Waals surface area contributed by atoms with Gasteiger partial charge in [-0.05, 0) is 79.3 Å². The van der Waals surface area contributed by atoms with Crippen LogP contribution in [0.2, 0.25) is 0 Å². The van der Waals surface area contributed by atoms with Gasteiger partial charge >= 0.3 is 0 Å². The van der Waals surface area contributed by atoms with Crippen molar-refractivity contribution in [3.8, 4) is 17.2 Å². The number of aryl methyl sites for hydroxylation is 2. The van der Waals surface area contributed by atoms with Gasteiger partial charge in [-0.1, -0.05) is 6.07 Å². The molecule has 8 heteroatoms. The fourth-order valence-corrected chi connectivity index (χ4v) is 5.15. The van der Waals surface area contributed by atoms with Crippen molar-refractivity contribution in [2.45, 2.75) is 48.5 Å². The van der Waals surface area contributed by atoms with Crippen LogP contribution in [-0.4, -0.2) is 65.0 Å². The van der Waals surface area contributed by atoms with Gasteiger partial charge in [-0.3, -0.25) is 4.79 Å². The number of carbonyl (C=O) groups excluding carboxylic acids is 1. The summed E-state index contributed by atoms with van der Waals surface area (Å²) < 4.78 is 34.5. The lowest BCUT2D eigenvalue weighted by atomic mass is 9.95. The maximum atomic E-state index is 13.7. The van der Waals surface area contributed by atoms with E-state index in [1.165, 1.54) is 5.56 Å². The highest BCUT2D eigenvalue weighted by atomic mass is 31.1. The predicted molar refractivity (Wildman–Crippen MR) is 150 cm³/mol. The number of rotatable bonds is 18. The second-order valence-electron chi connectivity index (χ2n) is 8.52. The SMILES string of the molecule is CCOCCOc1cc(OCCOCC)c(PC(=O)c2c(C)cc(C)c(C)c2C)c(OCCOCC)c1. The lowest BCUT2D eigenvalue weighted by Gasteiger charge is -2.20. The third-order valence-electron chi connectivity index (χ3n) is 5.94. The van der Waals surface area contributed by atoms with Crippen molar-refractivity contribution in [2.75, 3.05) is 59.5 Å². The van der Waals surface area contributed by atoms with E-state index in [9.17, 15) is 4.79 Å². The molecular formula is C29H43O7P. The molecule has 0 N–H and O–H groups in total. The molecule has 37 heavy (non-hydrogen) atoms. The van der Waals surface area contributed by atoms with Gasteiger partial charge in [0.2, 0.25) is 0 Å². The van der Waals surface area contributed by atoms with Crippen LogP contribution in [-0.2, 0) is 14.2 Å². The number of hydrogen-bond acceptors (Lipinski definition) is 7. The summed E-state index contributed by atoms with van der Waals surface area (Å²) in [5, 5.41) is 0.715. The van der Waals surface area contributed by atoms with Crippen molar-refractivity contribution < 1.29 is 33.2 Å². The normalized spacial score (nSPS) is 11.3. The molecule has 0 aliphatic carbocycles. The topological polar surface area (TPSA) is 72.5 Å². The second kappa shape index (κ2) is 16.6. The zero-order chi connectivity index (χ0) is 27.2. The van der Waals surface area contributed by atoms with E-state index in [1.807, 2.05) is 46.8 Å². The number of ether oxygens (including phenoxy) is 6. The minimum atomic E-state index is -0.188. The number of hydrogen-bond donors (Lipinski definition) is 0. The standard InChI is InChI=1S/C29H43O7P/c1-8-31-11-14-34-24-18-25(35-15-12-32-9-2)28(26(19-24)36-16-13-33-10-3)37-29(30)27-21(5)17-20(4)22(6)23(27)7/h17-19,37H,8-16H2,1-7H3. The summed E-state index contributed by atoms with van der Waals surface area (Å²) in [5.74, 6) is 1.72. The maximum absolute atomic E-state index is 13.7. The zero-order valence-corrected chi connectivity index (χ0v) is 24.5. The van der Waals surface area contributed by atoms with Crippen LogP contribution in [0.5, 0.6) is 17.2 Å². The van der Waals surface area contributed by atoms with Crippen LogP contribution in [0.4, 0.5) is 0 Å². The molecule has 1 unspecified atom stereocenters. The molecule has 0 spiro atoms. The van der Waals surface area contributed by atoms with Crippen LogP contribution in [0, 0.1) is 27.7 Å². The molecule has 206 valence electrons. The Morgan fingerprint density at radius 2 is 1.14 bits per heavy atom. The van der Waals surface area contributed by atoms with Crippen molar-refractivity contribution in [1.82, 2.24) is 0 Å². The smallest absolute Gasteiger partial charge is 0.186 e. The van der Waals surface area contributed by atoms with E-state index >= 15 is 0 Å². The van der Waals surface area contributed by atoms with Crippen LogP contribution in [0.1, 0.15) is 53.4 Å². The monoisotopic (exact) mass is 534 g/mol. The van der Waals surface area contributed by atoms with Gasteiger partial charge in [-0.15, -0.1) is 0 Å². The highest BCUT2D eigenvalue weighted by Crippen LogP contribution is 2.36. The molecule has 0 bridgehead atoms. The van der Waals surface area contributed by atoms with Crippen LogP contribution in [0.15, 0.2) is 18.2 Å². The van der Waals surface area contributed by atoms with E-state index in [2.05, 4.69) is 19.9 Å². The summed E-state index contributed by atoms with van der Waals surface area (Å²) in [7, 11) is -0.188. The van der Waals surface area contributed by atoms with E-state index < -0.39 is 0 Å². The summed E-state index contributed by atoms with van der Waals surface area (Å²) in [6.07, 6.45) is 0. The quantitative estimate of drug-likeness (QED) is 0.190. The average molecular weight is 535 g/mol. The molecule has 0 saturated heterocycles. The summed E-state index contributed by atoms with van der Waals surface area (Å²) >= 11 is 0. The molecule has 1 atom stereocenters. The lowest BCUT2D eigenvalue weighted by Crippen LogP contribution is -2.17. The first-order chi connectivity index (χ1) is 17.8. The van der Waals surface area contributed by atoms with E-state index in [1.54, 1.807) is 0 Å². The molecule has 2 aromatic rings. The van der Waals surface area contributed by atoms with E-state index in [-0.39, 0.29) is 14.1 Å². The minimum absolute atomic E-state index is 0.0485. The molecule has 0 fully saturated rings. The maximum Gasteiger partial charge on any atom is 0.186 e. The van der Waals surface area contributed by atoms with Crippen LogP contribution in [0.25, 0.3) is 0 Å². The Bertz CT molecular complexity index is 973. The predicted octanol–water partition coefficient (Wildman–Crippen LogP) is 5.31. The van der Waals surface area contributed by atoms with Gasteiger partial charge in [-0.2, -0.15) is 0 Å². The summed E-state index contributed by atoms with van der Waals surface area (Å²) in [6.45, 7) is 18.3. The molecule has 0 amide bonds. The van der Waals surface area contributed by atoms with Gasteiger partial charge in [0.05, 0.1) is 25.1 Å². The molecule has 0 aromatic heterocycles. The second-order valence-corrected chi connectivity index (χ2v) is 9.72. The highest BCUT2D eigenvalue weighted by Gasteiger charge is 2.22. The van der Waals surface area contributed by atoms with E-state index in [0.717, 1.165) is 22.3 Å². The van der Waals surface area contributed by atoms with Crippen molar-refractivity contribution in [3.05, 3.63) is 46.0 Å². The molecule has 0 aliphatic heterocycles. The van der Waals surface area contributed by atoms with Gasteiger partial charge in [0.1, 0.15) is 37.1 Å². The lowest BCUT2D eigenvalue weighted by molar-refractivity contribution is 0.105. The number of carbonyl (C=O) groups is 1. The fourth-order valence-electron chi connectivity index (χ4n) is 3.88. The Balaban J connectivity index is 2.45. The van der Waals surface area contributed by atoms with Crippen molar-refractivity contribution in [2.24, 2.45) is 0 Å². The summed E-state index contributed by atoms with van der Waals surface area (Å²) in [4.78, 5) is 13.7. The highest BCUT2D eigenvalue weighted by molar-refractivity contribution is 7.66.